The van der Waals surface area contributed by atoms with Gasteiger partial charge in [-0.3, -0.25) is 4.90 Å². The van der Waals surface area contributed by atoms with E-state index in [9.17, 15) is 0 Å². The number of hydrogen-bond donors (Lipinski definition) is 0. The third-order valence-electron chi connectivity index (χ3n) is 3.81. The molecule has 4 nitrogen and oxygen atoms in total. The summed E-state index contributed by atoms with van der Waals surface area (Å²) in [5.41, 5.74) is 0. The molecule has 18 heavy (non-hydrogen) atoms. The molecular formula is C12H19N3OS2. The third kappa shape index (κ3) is 2.71. The van der Waals surface area contributed by atoms with Crippen molar-refractivity contribution in [2.24, 2.45) is 0 Å². The van der Waals surface area contributed by atoms with Crippen molar-refractivity contribution in [1.82, 2.24) is 15.1 Å². The van der Waals surface area contributed by atoms with E-state index < -0.39 is 0 Å². The fourth-order valence-electron chi connectivity index (χ4n) is 2.93. The lowest BCUT2D eigenvalue weighted by Crippen LogP contribution is -2.52. The van der Waals surface area contributed by atoms with E-state index in [-0.39, 0.29) is 0 Å². The Hall–Kier alpha value is -0.170. The predicted octanol–water partition coefficient (Wildman–Crippen LogP) is 2.40. The standard InChI is InChI=1S/C12H19N3OS2/c1-17-12-14-13-11(18-12)8-15-6-7-16-10-5-3-2-4-9(10)15/h9-10H,2-8H2,1H3/t9-,10+/m0/s1. The summed E-state index contributed by atoms with van der Waals surface area (Å²) in [5, 5.41) is 9.61. The van der Waals surface area contributed by atoms with Gasteiger partial charge in [0.15, 0.2) is 4.34 Å². The summed E-state index contributed by atoms with van der Waals surface area (Å²) in [6, 6.07) is 0.606. The largest absolute Gasteiger partial charge is 0.375 e. The number of fused-ring (bicyclic) bond motifs is 1. The van der Waals surface area contributed by atoms with Gasteiger partial charge in [0.05, 0.1) is 19.3 Å². The fraction of sp³-hybridized carbons (Fsp3) is 0.833. The molecule has 2 heterocycles. The summed E-state index contributed by atoms with van der Waals surface area (Å²) in [5.74, 6) is 0. The maximum Gasteiger partial charge on any atom is 0.174 e. The van der Waals surface area contributed by atoms with Crippen LogP contribution in [0.15, 0.2) is 4.34 Å². The molecule has 0 unspecified atom stereocenters. The molecular weight excluding hydrogens is 266 g/mol. The van der Waals surface area contributed by atoms with Gasteiger partial charge in [-0.2, -0.15) is 0 Å². The average molecular weight is 285 g/mol. The van der Waals surface area contributed by atoms with Gasteiger partial charge in [-0.05, 0) is 19.1 Å². The summed E-state index contributed by atoms with van der Waals surface area (Å²) < 4.78 is 6.97. The van der Waals surface area contributed by atoms with Gasteiger partial charge in [-0.15, -0.1) is 10.2 Å². The second-order valence-electron chi connectivity index (χ2n) is 4.90. The first kappa shape index (κ1) is 12.8. The third-order valence-corrected chi connectivity index (χ3v) is 5.69. The smallest absolute Gasteiger partial charge is 0.174 e. The molecule has 0 aromatic carbocycles. The molecule has 1 aliphatic carbocycles. The second-order valence-corrected chi connectivity index (χ2v) is 7.01. The summed E-state index contributed by atoms with van der Waals surface area (Å²) >= 11 is 3.40. The van der Waals surface area contributed by atoms with E-state index in [1.807, 2.05) is 0 Å². The number of aromatic nitrogens is 2. The average Bonchev–Trinajstić information content (AvgIpc) is 2.87. The minimum absolute atomic E-state index is 0.459. The zero-order chi connectivity index (χ0) is 12.4. The highest BCUT2D eigenvalue weighted by atomic mass is 32.2. The Morgan fingerprint density at radius 1 is 1.39 bits per heavy atom. The molecule has 0 bridgehead atoms. The maximum absolute atomic E-state index is 5.90. The van der Waals surface area contributed by atoms with Crippen molar-refractivity contribution in [3.05, 3.63) is 5.01 Å². The van der Waals surface area contributed by atoms with E-state index in [4.69, 9.17) is 4.74 Å². The van der Waals surface area contributed by atoms with Crippen LogP contribution in [0.3, 0.4) is 0 Å². The molecule has 2 atom stereocenters. The Morgan fingerprint density at radius 3 is 3.11 bits per heavy atom. The Bertz CT molecular complexity index is 396. The summed E-state index contributed by atoms with van der Waals surface area (Å²) in [6.45, 7) is 2.85. The molecule has 1 saturated heterocycles. The number of rotatable bonds is 3. The molecule has 1 aliphatic heterocycles. The summed E-state index contributed by atoms with van der Waals surface area (Å²) in [7, 11) is 0. The highest BCUT2D eigenvalue weighted by molar-refractivity contribution is 8.00. The molecule has 0 N–H and O–H groups in total. The lowest BCUT2D eigenvalue weighted by molar-refractivity contribution is -0.0911. The van der Waals surface area contributed by atoms with Crippen LogP contribution in [0.5, 0.6) is 0 Å². The van der Waals surface area contributed by atoms with Crippen molar-refractivity contribution in [2.75, 3.05) is 19.4 Å². The minimum Gasteiger partial charge on any atom is -0.375 e. The van der Waals surface area contributed by atoms with E-state index in [0.717, 1.165) is 29.0 Å². The van der Waals surface area contributed by atoms with Crippen molar-refractivity contribution in [3.8, 4) is 0 Å². The van der Waals surface area contributed by atoms with Crippen LogP contribution in [0.1, 0.15) is 30.7 Å². The van der Waals surface area contributed by atoms with Gasteiger partial charge in [0.25, 0.3) is 0 Å². The monoisotopic (exact) mass is 285 g/mol. The molecule has 0 amide bonds. The first-order valence-corrected chi connectivity index (χ1v) is 8.63. The van der Waals surface area contributed by atoms with Crippen LogP contribution < -0.4 is 0 Å². The zero-order valence-corrected chi connectivity index (χ0v) is 12.3. The highest BCUT2D eigenvalue weighted by Crippen LogP contribution is 2.30. The molecule has 2 aliphatic rings. The normalized spacial score (nSPS) is 29.2. The van der Waals surface area contributed by atoms with Crippen LogP contribution in [-0.2, 0) is 11.3 Å². The van der Waals surface area contributed by atoms with Gasteiger partial charge in [0.2, 0.25) is 0 Å². The number of thioether (sulfide) groups is 1. The molecule has 1 saturated carbocycles. The Morgan fingerprint density at radius 2 is 2.28 bits per heavy atom. The Kier molecular flexibility index (Phi) is 4.18. The lowest BCUT2D eigenvalue weighted by Gasteiger charge is -2.43. The fourth-order valence-corrected chi connectivity index (χ4v) is 4.27. The first-order valence-electron chi connectivity index (χ1n) is 6.59. The molecule has 1 aromatic heterocycles. The highest BCUT2D eigenvalue weighted by Gasteiger charge is 2.34. The Balaban J connectivity index is 1.66. The second kappa shape index (κ2) is 5.86. The van der Waals surface area contributed by atoms with Gasteiger partial charge in [0, 0.05) is 12.6 Å². The lowest BCUT2D eigenvalue weighted by atomic mass is 9.90. The van der Waals surface area contributed by atoms with E-state index in [1.165, 1.54) is 25.7 Å². The van der Waals surface area contributed by atoms with Gasteiger partial charge in [-0.1, -0.05) is 35.9 Å². The topological polar surface area (TPSA) is 38.2 Å². The van der Waals surface area contributed by atoms with Gasteiger partial charge >= 0.3 is 0 Å². The molecule has 6 heteroatoms. The van der Waals surface area contributed by atoms with Crippen molar-refractivity contribution in [2.45, 2.75) is 48.7 Å². The number of morpholine rings is 1. The maximum atomic E-state index is 5.90. The molecule has 1 aromatic rings. The SMILES string of the molecule is CSc1nnc(CN2CCO[C@@H]3CCCC[C@@H]32)s1. The number of nitrogens with zero attached hydrogens (tertiary/aromatic N) is 3. The van der Waals surface area contributed by atoms with Crippen LogP contribution in [0, 0.1) is 0 Å². The van der Waals surface area contributed by atoms with Crippen LogP contribution in [0.25, 0.3) is 0 Å². The van der Waals surface area contributed by atoms with E-state index in [0.29, 0.717) is 12.1 Å². The van der Waals surface area contributed by atoms with Crippen molar-refractivity contribution in [3.63, 3.8) is 0 Å². The van der Waals surface area contributed by atoms with Crippen LogP contribution in [-0.4, -0.2) is 46.7 Å². The van der Waals surface area contributed by atoms with Gasteiger partial charge in [0.1, 0.15) is 5.01 Å². The number of ether oxygens (including phenoxy) is 1. The molecule has 0 spiro atoms. The van der Waals surface area contributed by atoms with Gasteiger partial charge in [-0.25, -0.2) is 0 Å². The minimum atomic E-state index is 0.459. The van der Waals surface area contributed by atoms with E-state index >= 15 is 0 Å². The molecule has 100 valence electrons. The van der Waals surface area contributed by atoms with E-state index in [1.54, 1.807) is 23.1 Å². The molecule has 0 radical (unpaired) electrons. The van der Waals surface area contributed by atoms with Crippen LogP contribution >= 0.6 is 23.1 Å². The van der Waals surface area contributed by atoms with Crippen molar-refractivity contribution >= 4 is 23.1 Å². The van der Waals surface area contributed by atoms with Crippen LogP contribution in [0.2, 0.25) is 0 Å². The van der Waals surface area contributed by atoms with Gasteiger partial charge < -0.3 is 4.74 Å². The number of hydrogen-bond acceptors (Lipinski definition) is 6. The summed E-state index contributed by atoms with van der Waals surface area (Å²) in [4.78, 5) is 2.55. The zero-order valence-electron chi connectivity index (χ0n) is 10.7. The summed E-state index contributed by atoms with van der Waals surface area (Å²) in [6.07, 6.45) is 7.68. The molecule has 2 fully saturated rings. The van der Waals surface area contributed by atoms with Crippen LogP contribution in [0.4, 0.5) is 0 Å². The van der Waals surface area contributed by atoms with E-state index in [2.05, 4.69) is 21.4 Å². The predicted molar refractivity (Wildman–Crippen MR) is 74.1 cm³/mol. The first-order chi connectivity index (χ1) is 8.86. The van der Waals surface area contributed by atoms with Crippen molar-refractivity contribution in [1.29, 1.82) is 0 Å². The quantitative estimate of drug-likeness (QED) is 0.797. The molecule has 3 rings (SSSR count). The Labute approximate surface area is 116 Å². The van der Waals surface area contributed by atoms with Crippen molar-refractivity contribution < 1.29 is 4.74 Å².